The highest BCUT2D eigenvalue weighted by Gasteiger charge is 2.25. The minimum Gasteiger partial charge on any atom is -0.495 e. The zero-order valence-corrected chi connectivity index (χ0v) is 14.5. The van der Waals surface area contributed by atoms with Gasteiger partial charge in [0.25, 0.3) is 5.91 Å². The average molecular weight is 364 g/mol. The smallest absolute Gasteiger partial charge is 0.340 e. The van der Waals surface area contributed by atoms with Crippen molar-refractivity contribution in [3.63, 3.8) is 0 Å². The van der Waals surface area contributed by atoms with Gasteiger partial charge in [-0.1, -0.05) is 41.9 Å². The van der Waals surface area contributed by atoms with Crippen LogP contribution in [0.4, 0.5) is 5.69 Å². The molecule has 0 radical (unpaired) electrons. The highest BCUT2D eigenvalue weighted by molar-refractivity contribution is 6.31. The van der Waals surface area contributed by atoms with Crippen LogP contribution in [0, 0.1) is 0 Å². The molecule has 0 saturated carbocycles. The lowest BCUT2D eigenvalue weighted by Crippen LogP contribution is -2.32. The second kappa shape index (κ2) is 8.50. The summed E-state index contributed by atoms with van der Waals surface area (Å²) in [6.07, 6.45) is -2.58. The first kappa shape index (κ1) is 18.8. The molecule has 132 valence electrons. The van der Waals surface area contributed by atoms with Crippen molar-refractivity contribution in [1.29, 1.82) is 0 Å². The Kier molecular flexibility index (Phi) is 6.38. The summed E-state index contributed by atoms with van der Waals surface area (Å²) in [6, 6.07) is 13.1. The molecule has 7 heteroatoms. The molecule has 1 amide bonds. The molecule has 0 heterocycles. The molecule has 2 rings (SSSR count). The molecule has 0 aliphatic carbocycles. The maximum atomic E-state index is 12.2. The topological polar surface area (TPSA) is 84.9 Å². The molecule has 0 aliphatic heterocycles. The Hall–Kier alpha value is -2.57. The van der Waals surface area contributed by atoms with Gasteiger partial charge in [0.2, 0.25) is 0 Å². The van der Waals surface area contributed by atoms with Crippen LogP contribution in [0.5, 0.6) is 5.75 Å². The third-order valence-electron chi connectivity index (χ3n) is 3.42. The summed E-state index contributed by atoms with van der Waals surface area (Å²) < 4.78 is 10.2. The van der Waals surface area contributed by atoms with Crippen LogP contribution in [0.3, 0.4) is 0 Å². The van der Waals surface area contributed by atoms with Crippen molar-refractivity contribution in [3.8, 4) is 5.75 Å². The normalized spacial score (nSPS) is 12.8. The van der Waals surface area contributed by atoms with Crippen LogP contribution in [-0.4, -0.2) is 30.2 Å². The number of hydrogen-bond donors (Lipinski definition) is 2. The number of methoxy groups -OCH3 is 1. The molecular weight excluding hydrogens is 346 g/mol. The van der Waals surface area contributed by atoms with Crippen molar-refractivity contribution < 1.29 is 24.2 Å². The summed E-state index contributed by atoms with van der Waals surface area (Å²) in [4.78, 5) is 24.2. The van der Waals surface area contributed by atoms with E-state index in [0.29, 0.717) is 22.0 Å². The number of rotatable bonds is 6. The van der Waals surface area contributed by atoms with Gasteiger partial charge >= 0.3 is 5.97 Å². The van der Waals surface area contributed by atoms with Crippen LogP contribution in [0.2, 0.25) is 5.02 Å². The van der Waals surface area contributed by atoms with Crippen molar-refractivity contribution in [2.24, 2.45) is 0 Å². The molecule has 2 aromatic rings. The lowest BCUT2D eigenvalue weighted by atomic mass is 10.1. The van der Waals surface area contributed by atoms with Crippen molar-refractivity contribution in [3.05, 3.63) is 59.1 Å². The first-order valence-electron chi connectivity index (χ1n) is 7.50. The molecule has 0 fully saturated rings. The molecule has 0 saturated heterocycles. The van der Waals surface area contributed by atoms with Crippen molar-refractivity contribution in [2.75, 3.05) is 12.4 Å². The maximum absolute atomic E-state index is 12.2. The van der Waals surface area contributed by atoms with E-state index >= 15 is 0 Å². The highest BCUT2D eigenvalue weighted by Crippen LogP contribution is 2.28. The lowest BCUT2D eigenvalue weighted by Gasteiger charge is -2.17. The first-order valence-corrected chi connectivity index (χ1v) is 7.88. The summed E-state index contributed by atoms with van der Waals surface area (Å²) in [6.45, 7) is 1.40. The fraction of sp³-hybridized carbons (Fsp3) is 0.222. The van der Waals surface area contributed by atoms with Crippen molar-refractivity contribution in [2.45, 2.75) is 19.1 Å². The van der Waals surface area contributed by atoms with Crippen LogP contribution in [-0.2, 0) is 14.3 Å². The zero-order chi connectivity index (χ0) is 18.4. The number of carbonyl (C=O) groups excluding carboxylic acids is 2. The number of halogens is 1. The molecule has 0 unspecified atom stereocenters. The van der Waals surface area contributed by atoms with Gasteiger partial charge in [0.1, 0.15) is 5.75 Å². The van der Waals surface area contributed by atoms with Gasteiger partial charge in [0.15, 0.2) is 12.2 Å². The van der Waals surface area contributed by atoms with E-state index in [0.717, 1.165) is 0 Å². The fourth-order valence-corrected chi connectivity index (χ4v) is 2.25. The number of amides is 1. The van der Waals surface area contributed by atoms with Crippen molar-refractivity contribution >= 4 is 29.2 Å². The predicted octanol–water partition coefficient (Wildman–Crippen LogP) is 2.95. The number of aliphatic hydroxyl groups is 1. The van der Waals surface area contributed by atoms with Gasteiger partial charge in [-0.25, -0.2) is 4.79 Å². The van der Waals surface area contributed by atoms with Gasteiger partial charge in [0.05, 0.1) is 12.8 Å². The number of benzene rings is 2. The summed E-state index contributed by atoms with van der Waals surface area (Å²) in [5.41, 5.74) is 0.739. The molecule has 2 N–H and O–H groups in total. The minimum atomic E-state index is -1.46. The Bertz CT molecular complexity index is 750. The SMILES string of the molecule is COc1ccc(Cl)cc1NC(=O)[C@@H](C)OC(=O)[C@@H](O)c1ccccc1. The molecule has 6 nitrogen and oxygen atoms in total. The third kappa shape index (κ3) is 4.95. The standard InChI is InChI=1S/C18H18ClNO5/c1-11(25-18(23)16(21)12-6-4-3-5-7-12)17(22)20-14-10-13(19)8-9-15(14)24-2/h3-11,16,21H,1-2H3,(H,20,22)/t11-,16+/m1/s1. The molecule has 0 bridgehead atoms. The van der Waals surface area contributed by atoms with Gasteiger partial charge in [0, 0.05) is 5.02 Å². The van der Waals surface area contributed by atoms with Gasteiger partial charge in [-0.05, 0) is 30.7 Å². The largest absolute Gasteiger partial charge is 0.495 e. The Labute approximate surface area is 150 Å². The monoisotopic (exact) mass is 363 g/mol. The molecular formula is C18H18ClNO5. The lowest BCUT2D eigenvalue weighted by molar-refractivity contribution is -0.162. The number of esters is 1. The quantitative estimate of drug-likeness (QED) is 0.771. The summed E-state index contributed by atoms with van der Waals surface area (Å²) in [5, 5.41) is 13.0. The average Bonchev–Trinajstić information content (AvgIpc) is 2.61. The predicted molar refractivity (Wildman–Crippen MR) is 93.6 cm³/mol. The number of hydrogen-bond acceptors (Lipinski definition) is 5. The van der Waals surface area contributed by atoms with Crippen molar-refractivity contribution in [1.82, 2.24) is 0 Å². The Morgan fingerprint density at radius 1 is 1.16 bits per heavy atom. The van der Waals surface area contributed by atoms with Gasteiger partial charge in [-0.15, -0.1) is 0 Å². The molecule has 0 spiro atoms. The molecule has 2 aromatic carbocycles. The third-order valence-corrected chi connectivity index (χ3v) is 3.66. The van der Waals surface area contributed by atoms with E-state index in [1.807, 2.05) is 0 Å². The first-order chi connectivity index (χ1) is 11.9. The number of nitrogens with one attached hydrogen (secondary N) is 1. The Balaban J connectivity index is 2.01. The van der Waals surface area contributed by atoms with Gasteiger partial charge in [-0.3, -0.25) is 4.79 Å². The van der Waals surface area contributed by atoms with Crippen LogP contribution in [0.15, 0.2) is 48.5 Å². The van der Waals surface area contributed by atoms with Crippen LogP contribution in [0.25, 0.3) is 0 Å². The van der Waals surface area contributed by atoms with E-state index in [1.54, 1.807) is 42.5 Å². The molecule has 25 heavy (non-hydrogen) atoms. The number of aliphatic hydroxyl groups excluding tert-OH is 1. The van der Waals surface area contributed by atoms with Crippen LogP contribution >= 0.6 is 11.6 Å². The van der Waals surface area contributed by atoms with E-state index in [9.17, 15) is 14.7 Å². The molecule has 0 aromatic heterocycles. The van der Waals surface area contributed by atoms with E-state index in [-0.39, 0.29) is 0 Å². The van der Waals surface area contributed by atoms with Gasteiger partial charge in [-0.2, -0.15) is 0 Å². The van der Waals surface area contributed by atoms with E-state index in [4.69, 9.17) is 21.1 Å². The Morgan fingerprint density at radius 3 is 2.48 bits per heavy atom. The highest BCUT2D eigenvalue weighted by atomic mass is 35.5. The molecule has 0 aliphatic rings. The van der Waals surface area contributed by atoms with E-state index in [1.165, 1.54) is 20.1 Å². The van der Waals surface area contributed by atoms with E-state index in [2.05, 4.69) is 5.32 Å². The minimum absolute atomic E-state index is 0.353. The Morgan fingerprint density at radius 2 is 1.84 bits per heavy atom. The number of anilines is 1. The zero-order valence-electron chi connectivity index (χ0n) is 13.7. The maximum Gasteiger partial charge on any atom is 0.340 e. The summed E-state index contributed by atoms with van der Waals surface area (Å²) >= 11 is 5.91. The number of ether oxygens (including phenoxy) is 2. The summed E-state index contributed by atoms with van der Waals surface area (Å²) in [5.74, 6) is -1.07. The molecule has 2 atom stereocenters. The van der Waals surface area contributed by atoms with E-state index < -0.39 is 24.1 Å². The van der Waals surface area contributed by atoms with Gasteiger partial charge < -0.3 is 19.9 Å². The fourth-order valence-electron chi connectivity index (χ4n) is 2.08. The second-order valence-corrected chi connectivity index (χ2v) is 5.66. The van der Waals surface area contributed by atoms with Crippen LogP contribution in [0.1, 0.15) is 18.6 Å². The summed E-state index contributed by atoms with van der Waals surface area (Å²) in [7, 11) is 1.46. The van der Waals surface area contributed by atoms with Crippen LogP contribution < -0.4 is 10.1 Å². The number of carbonyl (C=O) groups is 2. The second-order valence-electron chi connectivity index (χ2n) is 5.23.